The van der Waals surface area contributed by atoms with Crippen molar-refractivity contribution in [2.24, 2.45) is 0 Å². The van der Waals surface area contributed by atoms with Crippen molar-refractivity contribution < 1.29 is 13.2 Å². The van der Waals surface area contributed by atoms with E-state index >= 15 is 0 Å². The molecule has 29 heavy (non-hydrogen) atoms. The van der Waals surface area contributed by atoms with Gasteiger partial charge in [-0.15, -0.1) is 0 Å². The summed E-state index contributed by atoms with van der Waals surface area (Å²) in [6, 6.07) is 17.1. The SMILES string of the molecule is O=C(Cc1ccc(S(=O)(=O)N2CCCCC2)cc1)NCC1(c2ccccc2)CC1. The maximum absolute atomic E-state index is 12.7. The van der Waals surface area contributed by atoms with Crippen LogP contribution in [0.5, 0.6) is 0 Å². The Morgan fingerprint density at radius 2 is 1.59 bits per heavy atom. The molecule has 6 heteroatoms. The lowest BCUT2D eigenvalue weighted by Gasteiger charge is -2.25. The van der Waals surface area contributed by atoms with Crippen molar-refractivity contribution in [3.8, 4) is 0 Å². The van der Waals surface area contributed by atoms with E-state index in [1.807, 2.05) is 18.2 Å². The highest BCUT2D eigenvalue weighted by Gasteiger charge is 2.44. The van der Waals surface area contributed by atoms with Gasteiger partial charge in [-0.2, -0.15) is 4.31 Å². The van der Waals surface area contributed by atoms with Gasteiger partial charge in [0, 0.05) is 25.0 Å². The molecule has 2 aromatic rings. The number of nitrogens with zero attached hydrogens (tertiary/aromatic N) is 1. The van der Waals surface area contributed by atoms with E-state index in [0.717, 1.165) is 37.7 Å². The highest BCUT2D eigenvalue weighted by atomic mass is 32.2. The van der Waals surface area contributed by atoms with Gasteiger partial charge in [0.25, 0.3) is 0 Å². The van der Waals surface area contributed by atoms with Crippen molar-refractivity contribution in [2.45, 2.75) is 48.8 Å². The zero-order valence-corrected chi connectivity index (χ0v) is 17.5. The zero-order valence-electron chi connectivity index (χ0n) is 16.6. The predicted molar refractivity (Wildman–Crippen MR) is 113 cm³/mol. The lowest BCUT2D eigenvalue weighted by Crippen LogP contribution is -2.35. The molecule has 2 fully saturated rings. The smallest absolute Gasteiger partial charge is 0.243 e. The lowest BCUT2D eigenvalue weighted by atomic mass is 9.96. The van der Waals surface area contributed by atoms with Crippen LogP contribution in [0, 0.1) is 0 Å². The second kappa shape index (κ2) is 8.28. The summed E-state index contributed by atoms with van der Waals surface area (Å²) in [6.07, 6.45) is 5.38. The summed E-state index contributed by atoms with van der Waals surface area (Å²) in [5, 5.41) is 3.06. The van der Waals surface area contributed by atoms with E-state index in [-0.39, 0.29) is 17.7 Å². The molecule has 0 atom stereocenters. The molecule has 0 aromatic heterocycles. The number of amides is 1. The first-order valence-corrected chi connectivity index (χ1v) is 11.9. The van der Waals surface area contributed by atoms with Crippen LogP contribution in [0.25, 0.3) is 0 Å². The summed E-state index contributed by atoms with van der Waals surface area (Å²) in [5.41, 5.74) is 2.20. The van der Waals surface area contributed by atoms with Crippen LogP contribution in [0.15, 0.2) is 59.5 Å². The van der Waals surface area contributed by atoms with Crippen molar-refractivity contribution in [1.29, 1.82) is 0 Å². The first-order valence-electron chi connectivity index (χ1n) is 10.4. The fourth-order valence-electron chi connectivity index (χ4n) is 4.06. The molecule has 1 amide bonds. The average molecular weight is 413 g/mol. The molecule has 2 aliphatic rings. The quantitative estimate of drug-likeness (QED) is 0.759. The van der Waals surface area contributed by atoms with Gasteiger partial charge < -0.3 is 5.32 Å². The van der Waals surface area contributed by atoms with Crippen molar-refractivity contribution in [3.05, 3.63) is 65.7 Å². The first kappa shape index (κ1) is 20.1. The zero-order chi connectivity index (χ0) is 20.3. The van der Waals surface area contributed by atoms with E-state index in [9.17, 15) is 13.2 Å². The number of carbonyl (C=O) groups is 1. The average Bonchev–Trinajstić information content (AvgIpc) is 3.55. The van der Waals surface area contributed by atoms with E-state index < -0.39 is 10.0 Å². The van der Waals surface area contributed by atoms with E-state index in [1.54, 1.807) is 28.6 Å². The van der Waals surface area contributed by atoms with Crippen LogP contribution in [0.3, 0.4) is 0 Å². The van der Waals surface area contributed by atoms with Gasteiger partial charge in [0.15, 0.2) is 0 Å². The predicted octanol–water partition coefficient (Wildman–Crippen LogP) is 3.25. The standard InChI is InChI=1S/C23H28N2O3S/c26-22(24-18-23(13-14-23)20-7-3-1-4-8-20)17-19-9-11-21(12-10-19)29(27,28)25-15-5-2-6-16-25/h1,3-4,7-12H,2,5-6,13-18H2,(H,24,26). The molecule has 1 saturated heterocycles. The number of nitrogens with one attached hydrogen (secondary N) is 1. The number of carbonyl (C=O) groups excluding carboxylic acids is 1. The third-order valence-corrected chi connectivity index (χ3v) is 8.02. The maximum Gasteiger partial charge on any atom is 0.243 e. The number of sulfonamides is 1. The van der Waals surface area contributed by atoms with Crippen LogP contribution >= 0.6 is 0 Å². The van der Waals surface area contributed by atoms with Gasteiger partial charge in [-0.3, -0.25) is 4.79 Å². The number of rotatable bonds is 7. The Hall–Kier alpha value is -2.18. The number of benzene rings is 2. The molecule has 1 N–H and O–H groups in total. The minimum atomic E-state index is -3.43. The number of hydrogen-bond acceptors (Lipinski definition) is 3. The number of piperidine rings is 1. The van der Waals surface area contributed by atoms with Gasteiger partial charge in [0.2, 0.25) is 15.9 Å². The number of hydrogen-bond donors (Lipinski definition) is 1. The van der Waals surface area contributed by atoms with Gasteiger partial charge >= 0.3 is 0 Å². The van der Waals surface area contributed by atoms with Gasteiger partial charge in [0.05, 0.1) is 11.3 Å². The van der Waals surface area contributed by atoms with Gasteiger partial charge in [0.1, 0.15) is 0 Å². The Labute approximate surface area is 173 Å². The minimum absolute atomic E-state index is 0.0288. The molecule has 0 unspecified atom stereocenters. The topological polar surface area (TPSA) is 66.5 Å². The van der Waals surface area contributed by atoms with Gasteiger partial charge in [-0.25, -0.2) is 8.42 Å². The summed E-state index contributed by atoms with van der Waals surface area (Å²) in [4.78, 5) is 12.7. The van der Waals surface area contributed by atoms with Crippen LogP contribution in [-0.4, -0.2) is 38.3 Å². The summed E-state index contributed by atoms with van der Waals surface area (Å²) in [6.45, 7) is 1.84. The summed E-state index contributed by atoms with van der Waals surface area (Å²) in [5.74, 6) is -0.0288. The third kappa shape index (κ3) is 4.54. The monoisotopic (exact) mass is 412 g/mol. The third-order valence-electron chi connectivity index (χ3n) is 6.10. The Kier molecular flexibility index (Phi) is 5.74. The van der Waals surface area contributed by atoms with Crippen molar-refractivity contribution >= 4 is 15.9 Å². The Bertz CT molecular complexity index is 945. The molecule has 5 nitrogen and oxygen atoms in total. The van der Waals surface area contributed by atoms with Crippen LogP contribution in [0.4, 0.5) is 0 Å². The molecular weight excluding hydrogens is 384 g/mol. The molecular formula is C23H28N2O3S. The largest absolute Gasteiger partial charge is 0.355 e. The molecule has 1 saturated carbocycles. The van der Waals surface area contributed by atoms with Crippen LogP contribution in [0.1, 0.15) is 43.2 Å². The first-order chi connectivity index (χ1) is 14.0. The van der Waals surface area contributed by atoms with Crippen LogP contribution in [0.2, 0.25) is 0 Å². The lowest BCUT2D eigenvalue weighted by molar-refractivity contribution is -0.120. The van der Waals surface area contributed by atoms with Crippen LogP contribution in [-0.2, 0) is 26.7 Å². The highest BCUT2D eigenvalue weighted by Crippen LogP contribution is 2.47. The second-order valence-electron chi connectivity index (χ2n) is 8.21. The van der Waals surface area contributed by atoms with E-state index in [0.29, 0.717) is 24.5 Å². The van der Waals surface area contributed by atoms with E-state index in [2.05, 4.69) is 17.4 Å². The molecule has 0 radical (unpaired) electrons. The van der Waals surface area contributed by atoms with E-state index in [4.69, 9.17) is 0 Å². The molecule has 4 rings (SSSR count). The fraction of sp³-hybridized carbons (Fsp3) is 0.435. The van der Waals surface area contributed by atoms with Crippen LogP contribution < -0.4 is 5.32 Å². The summed E-state index contributed by atoms with van der Waals surface area (Å²) >= 11 is 0. The normalized spacial score (nSPS) is 18.9. The molecule has 1 heterocycles. The van der Waals surface area contributed by atoms with Crippen molar-refractivity contribution in [3.63, 3.8) is 0 Å². The molecule has 2 aromatic carbocycles. The van der Waals surface area contributed by atoms with Gasteiger partial charge in [-0.1, -0.05) is 48.9 Å². The molecule has 154 valence electrons. The minimum Gasteiger partial charge on any atom is -0.355 e. The Morgan fingerprint density at radius 3 is 2.21 bits per heavy atom. The Balaban J connectivity index is 1.33. The molecule has 1 aliphatic heterocycles. The van der Waals surface area contributed by atoms with Crippen molar-refractivity contribution in [2.75, 3.05) is 19.6 Å². The molecule has 0 spiro atoms. The van der Waals surface area contributed by atoms with Gasteiger partial charge in [-0.05, 0) is 48.9 Å². The highest BCUT2D eigenvalue weighted by molar-refractivity contribution is 7.89. The molecule has 1 aliphatic carbocycles. The van der Waals surface area contributed by atoms with Crippen molar-refractivity contribution in [1.82, 2.24) is 9.62 Å². The summed E-state index contributed by atoms with van der Waals surface area (Å²) < 4.78 is 27.0. The maximum atomic E-state index is 12.7. The Morgan fingerprint density at radius 1 is 0.931 bits per heavy atom. The fourth-order valence-corrected chi connectivity index (χ4v) is 5.58. The van der Waals surface area contributed by atoms with E-state index in [1.165, 1.54) is 5.56 Å². The molecule has 0 bridgehead atoms. The summed E-state index contributed by atoms with van der Waals surface area (Å²) in [7, 11) is -3.43. The second-order valence-corrected chi connectivity index (χ2v) is 10.1.